The number of amides is 1. The fraction of sp³-hybridized carbons (Fsp3) is 0.500. The summed E-state index contributed by atoms with van der Waals surface area (Å²) in [6.07, 6.45) is -0.306. The van der Waals surface area contributed by atoms with E-state index in [9.17, 15) is 18.0 Å². The molecule has 0 aromatic carbocycles. The lowest BCUT2D eigenvalue weighted by molar-refractivity contribution is -0.137. The normalized spacial score (nSPS) is 19.4. The van der Waals surface area contributed by atoms with Gasteiger partial charge in [-0.25, -0.2) is 4.98 Å². The van der Waals surface area contributed by atoms with Gasteiger partial charge in [0.05, 0.1) is 11.1 Å². The zero-order chi connectivity index (χ0) is 21.9. The molecule has 0 bridgehead atoms. The summed E-state index contributed by atoms with van der Waals surface area (Å²) in [4.78, 5) is 20.8. The number of pyridine rings is 2. The molecule has 2 heterocycles. The van der Waals surface area contributed by atoms with Crippen molar-refractivity contribution < 1.29 is 18.0 Å². The van der Waals surface area contributed by atoms with Crippen molar-refractivity contribution in [2.24, 2.45) is 5.92 Å². The van der Waals surface area contributed by atoms with Crippen molar-refractivity contribution >= 4 is 11.7 Å². The molecule has 1 fully saturated rings. The van der Waals surface area contributed by atoms with Crippen LogP contribution in [0.5, 0.6) is 0 Å². The summed E-state index contributed by atoms with van der Waals surface area (Å²) in [6.45, 7) is 6.36. The van der Waals surface area contributed by atoms with Gasteiger partial charge in [-0.1, -0.05) is 0 Å². The van der Waals surface area contributed by atoms with Gasteiger partial charge in [-0.05, 0) is 76.1 Å². The molecule has 162 valence electrons. The van der Waals surface area contributed by atoms with E-state index in [1.807, 2.05) is 26.0 Å². The third kappa shape index (κ3) is 5.70. The fourth-order valence-corrected chi connectivity index (χ4v) is 3.87. The maximum atomic E-state index is 12.9. The molecule has 3 rings (SSSR count). The number of hydrogen-bond acceptors (Lipinski definition) is 4. The minimum Gasteiger partial charge on any atom is -0.370 e. The van der Waals surface area contributed by atoms with Crippen LogP contribution in [-0.2, 0) is 6.18 Å². The Hall–Kier alpha value is -2.64. The average Bonchev–Trinajstić information content (AvgIpc) is 2.66. The monoisotopic (exact) mass is 420 g/mol. The number of anilines is 1. The molecule has 1 aliphatic carbocycles. The van der Waals surface area contributed by atoms with Crippen LogP contribution in [0.25, 0.3) is 0 Å². The summed E-state index contributed by atoms with van der Waals surface area (Å²) >= 11 is 0. The van der Waals surface area contributed by atoms with Gasteiger partial charge in [0, 0.05) is 30.2 Å². The van der Waals surface area contributed by atoms with Crippen molar-refractivity contribution in [1.29, 1.82) is 0 Å². The van der Waals surface area contributed by atoms with Gasteiger partial charge < -0.3 is 10.6 Å². The van der Waals surface area contributed by atoms with Crippen LogP contribution < -0.4 is 10.6 Å². The van der Waals surface area contributed by atoms with E-state index in [-0.39, 0.29) is 11.6 Å². The van der Waals surface area contributed by atoms with Gasteiger partial charge in [0.15, 0.2) is 0 Å². The minimum absolute atomic E-state index is 0.0190. The summed E-state index contributed by atoms with van der Waals surface area (Å²) in [5.41, 5.74) is 1.50. The predicted molar refractivity (Wildman–Crippen MR) is 109 cm³/mol. The van der Waals surface area contributed by atoms with Crippen LogP contribution in [0.1, 0.15) is 58.6 Å². The minimum atomic E-state index is -4.52. The first-order valence-electron chi connectivity index (χ1n) is 10.2. The number of nitrogens with zero attached hydrogens (tertiary/aromatic N) is 2. The number of hydrogen-bond donors (Lipinski definition) is 2. The first-order valence-corrected chi connectivity index (χ1v) is 10.2. The second kappa shape index (κ2) is 9.02. The van der Waals surface area contributed by atoms with E-state index < -0.39 is 17.6 Å². The molecule has 0 atom stereocenters. The zero-order valence-corrected chi connectivity index (χ0v) is 17.4. The Balaban J connectivity index is 1.51. The summed E-state index contributed by atoms with van der Waals surface area (Å²) in [5, 5.41) is 6.28. The van der Waals surface area contributed by atoms with Gasteiger partial charge in [0.2, 0.25) is 0 Å². The third-order valence-corrected chi connectivity index (χ3v) is 5.51. The molecular formula is C22H27F3N4O. The van der Waals surface area contributed by atoms with Crippen LogP contribution in [-0.4, -0.2) is 28.5 Å². The molecule has 0 unspecified atom stereocenters. The Morgan fingerprint density at radius 3 is 2.43 bits per heavy atom. The molecule has 5 nitrogen and oxygen atoms in total. The third-order valence-electron chi connectivity index (χ3n) is 5.51. The van der Waals surface area contributed by atoms with Crippen molar-refractivity contribution in [3.8, 4) is 0 Å². The van der Waals surface area contributed by atoms with Gasteiger partial charge in [0.1, 0.15) is 5.82 Å². The maximum Gasteiger partial charge on any atom is 0.417 e. The standard InChI is InChI=1S/C22H27F3N4O/c1-13-8-14(2)28-20(9-13)27-11-16-4-6-18(7-5-16)29-21(30)19-10-17(22(23,24)25)12-26-15(19)3/h8-10,12,16,18H,4-7,11H2,1-3H3,(H,27,28)(H,29,30). The smallest absolute Gasteiger partial charge is 0.370 e. The van der Waals surface area contributed by atoms with Crippen molar-refractivity contribution in [3.05, 3.63) is 52.5 Å². The van der Waals surface area contributed by atoms with E-state index in [2.05, 4.69) is 20.6 Å². The Morgan fingerprint density at radius 2 is 1.80 bits per heavy atom. The largest absolute Gasteiger partial charge is 0.417 e. The van der Waals surface area contributed by atoms with Gasteiger partial charge >= 0.3 is 6.18 Å². The average molecular weight is 420 g/mol. The molecule has 1 saturated carbocycles. The lowest BCUT2D eigenvalue weighted by atomic mass is 9.86. The molecule has 2 aromatic heterocycles. The van der Waals surface area contributed by atoms with Crippen LogP contribution >= 0.6 is 0 Å². The molecule has 8 heteroatoms. The Morgan fingerprint density at radius 1 is 1.10 bits per heavy atom. The maximum absolute atomic E-state index is 12.9. The van der Waals surface area contributed by atoms with Crippen LogP contribution in [0, 0.1) is 26.7 Å². The summed E-state index contributed by atoms with van der Waals surface area (Å²) in [5.74, 6) is 0.847. The quantitative estimate of drug-likeness (QED) is 0.728. The number of halogens is 3. The number of aryl methyl sites for hydroxylation is 3. The SMILES string of the molecule is Cc1cc(C)nc(NCC2CCC(NC(=O)c3cc(C(F)(F)F)cnc3C)CC2)c1. The molecule has 0 aliphatic heterocycles. The van der Waals surface area contributed by atoms with Crippen molar-refractivity contribution in [2.75, 3.05) is 11.9 Å². The molecule has 0 radical (unpaired) electrons. The Bertz CT molecular complexity index is 885. The van der Waals surface area contributed by atoms with Crippen LogP contribution in [0.2, 0.25) is 0 Å². The lowest BCUT2D eigenvalue weighted by Crippen LogP contribution is -2.39. The number of nitrogens with one attached hydrogen (secondary N) is 2. The topological polar surface area (TPSA) is 66.9 Å². The zero-order valence-electron chi connectivity index (χ0n) is 17.4. The van der Waals surface area contributed by atoms with Crippen molar-refractivity contribution in [3.63, 3.8) is 0 Å². The molecule has 1 aliphatic rings. The molecule has 2 aromatic rings. The van der Waals surface area contributed by atoms with Crippen LogP contribution in [0.4, 0.5) is 19.0 Å². The predicted octanol–water partition coefficient (Wildman–Crippen LogP) is 4.82. The van der Waals surface area contributed by atoms with E-state index in [0.717, 1.165) is 61.6 Å². The number of carbonyl (C=O) groups is 1. The number of aromatic nitrogens is 2. The second-order valence-electron chi connectivity index (χ2n) is 8.10. The van der Waals surface area contributed by atoms with Gasteiger partial charge in [-0.15, -0.1) is 0 Å². The number of alkyl halides is 3. The first-order chi connectivity index (χ1) is 14.1. The summed E-state index contributed by atoms with van der Waals surface area (Å²) < 4.78 is 38.8. The van der Waals surface area contributed by atoms with Gasteiger partial charge in [0.25, 0.3) is 5.91 Å². The molecule has 30 heavy (non-hydrogen) atoms. The molecular weight excluding hydrogens is 393 g/mol. The lowest BCUT2D eigenvalue weighted by Gasteiger charge is -2.29. The highest BCUT2D eigenvalue weighted by Gasteiger charge is 2.32. The Kier molecular flexibility index (Phi) is 6.63. The van der Waals surface area contributed by atoms with E-state index in [0.29, 0.717) is 11.6 Å². The molecule has 0 spiro atoms. The first kappa shape index (κ1) is 22.1. The fourth-order valence-electron chi connectivity index (χ4n) is 3.87. The van der Waals surface area contributed by atoms with E-state index in [4.69, 9.17) is 0 Å². The van der Waals surface area contributed by atoms with Crippen LogP contribution in [0.3, 0.4) is 0 Å². The highest BCUT2D eigenvalue weighted by atomic mass is 19.4. The summed E-state index contributed by atoms with van der Waals surface area (Å²) in [6, 6.07) is 4.89. The van der Waals surface area contributed by atoms with Crippen molar-refractivity contribution in [2.45, 2.75) is 58.7 Å². The van der Waals surface area contributed by atoms with Crippen LogP contribution in [0.15, 0.2) is 24.4 Å². The van der Waals surface area contributed by atoms with Gasteiger partial charge in [-0.3, -0.25) is 9.78 Å². The molecule has 1 amide bonds. The summed E-state index contributed by atoms with van der Waals surface area (Å²) in [7, 11) is 0. The number of carbonyl (C=O) groups excluding carboxylic acids is 1. The molecule has 2 N–H and O–H groups in total. The number of rotatable bonds is 5. The van der Waals surface area contributed by atoms with Crippen molar-refractivity contribution in [1.82, 2.24) is 15.3 Å². The Labute approximate surface area is 174 Å². The molecule has 0 saturated heterocycles. The van der Waals surface area contributed by atoms with E-state index in [1.54, 1.807) is 6.92 Å². The van der Waals surface area contributed by atoms with E-state index in [1.165, 1.54) is 0 Å². The highest BCUT2D eigenvalue weighted by Crippen LogP contribution is 2.30. The second-order valence-corrected chi connectivity index (χ2v) is 8.10. The highest BCUT2D eigenvalue weighted by molar-refractivity contribution is 5.95. The van der Waals surface area contributed by atoms with Gasteiger partial charge in [-0.2, -0.15) is 13.2 Å². The van der Waals surface area contributed by atoms with E-state index >= 15 is 0 Å².